The molecular weight excluding hydrogens is 316 g/mol. The quantitative estimate of drug-likeness (QED) is 0.532. The summed E-state index contributed by atoms with van der Waals surface area (Å²) in [6, 6.07) is 17.6. The van der Waals surface area contributed by atoms with Crippen molar-refractivity contribution in [2.24, 2.45) is 0 Å². The fourth-order valence-corrected chi connectivity index (χ4v) is 2.21. The summed E-state index contributed by atoms with van der Waals surface area (Å²) in [6.45, 7) is 3.95. The normalized spacial score (nSPS) is 12.4. The van der Waals surface area contributed by atoms with Gasteiger partial charge in [-0.25, -0.2) is 4.79 Å². The summed E-state index contributed by atoms with van der Waals surface area (Å²) >= 11 is 0. The highest BCUT2D eigenvalue weighted by Crippen LogP contribution is 2.18. The van der Waals surface area contributed by atoms with Crippen molar-refractivity contribution in [3.05, 3.63) is 72.0 Å². The molecule has 132 valence electrons. The van der Waals surface area contributed by atoms with Gasteiger partial charge in [0, 0.05) is 6.42 Å². The Balaban J connectivity index is 1.79. The standard InChI is InChI=1S/C21H24O4/c1-16(19-9-11-20(23-3)12-10-19)15-25-17(2)21(22)24-14-13-18-7-5-4-6-8-18/h4-12,15,17H,13-14H2,1-3H3. The fourth-order valence-electron chi connectivity index (χ4n) is 2.21. The van der Waals surface area contributed by atoms with Crippen LogP contribution < -0.4 is 4.74 Å². The second-order valence-electron chi connectivity index (χ2n) is 5.71. The van der Waals surface area contributed by atoms with Crippen molar-refractivity contribution >= 4 is 11.5 Å². The van der Waals surface area contributed by atoms with Crippen LogP contribution in [0.1, 0.15) is 25.0 Å². The Morgan fingerprint density at radius 3 is 2.40 bits per heavy atom. The molecule has 4 heteroatoms. The second kappa shape index (κ2) is 9.52. The van der Waals surface area contributed by atoms with Crippen molar-refractivity contribution in [2.45, 2.75) is 26.4 Å². The van der Waals surface area contributed by atoms with E-state index in [2.05, 4.69) is 0 Å². The van der Waals surface area contributed by atoms with Crippen molar-refractivity contribution < 1.29 is 19.0 Å². The van der Waals surface area contributed by atoms with E-state index in [1.165, 1.54) is 0 Å². The largest absolute Gasteiger partial charge is 0.497 e. The lowest BCUT2D eigenvalue weighted by Crippen LogP contribution is -2.22. The number of esters is 1. The minimum atomic E-state index is -0.649. The minimum Gasteiger partial charge on any atom is -0.497 e. The Morgan fingerprint density at radius 2 is 1.76 bits per heavy atom. The SMILES string of the molecule is COc1ccc(C(C)=COC(C)C(=O)OCCc2ccccc2)cc1. The molecular formula is C21H24O4. The van der Waals surface area contributed by atoms with E-state index in [0.717, 1.165) is 22.4 Å². The molecule has 0 heterocycles. The van der Waals surface area contributed by atoms with Gasteiger partial charge in [0.05, 0.1) is 20.0 Å². The van der Waals surface area contributed by atoms with Crippen LogP contribution in [-0.4, -0.2) is 25.8 Å². The fraction of sp³-hybridized carbons (Fsp3) is 0.286. The van der Waals surface area contributed by atoms with Gasteiger partial charge in [-0.05, 0) is 42.7 Å². The lowest BCUT2D eigenvalue weighted by molar-refractivity contribution is -0.152. The first-order chi connectivity index (χ1) is 12.1. The van der Waals surface area contributed by atoms with E-state index in [4.69, 9.17) is 14.2 Å². The number of benzene rings is 2. The van der Waals surface area contributed by atoms with E-state index < -0.39 is 6.10 Å². The zero-order chi connectivity index (χ0) is 18.1. The van der Waals surface area contributed by atoms with E-state index in [-0.39, 0.29) is 5.97 Å². The molecule has 0 bridgehead atoms. The molecule has 0 N–H and O–H groups in total. The minimum absolute atomic E-state index is 0.345. The zero-order valence-corrected chi connectivity index (χ0v) is 14.9. The predicted molar refractivity (Wildman–Crippen MR) is 98.3 cm³/mol. The van der Waals surface area contributed by atoms with Crippen LogP contribution in [0.3, 0.4) is 0 Å². The molecule has 0 aromatic heterocycles. The third-order valence-corrected chi connectivity index (χ3v) is 3.80. The summed E-state index contributed by atoms with van der Waals surface area (Å²) in [5.74, 6) is 0.433. The van der Waals surface area contributed by atoms with Crippen LogP contribution in [0.2, 0.25) is 0 Å². The summed E-state index contributed by atoms with van der Waals surface area (Å²) in [4.78, 5) is 12.0. The van der Waals surface area contributed by atoms with Crippen molar-refractivity contribution in [1.82, 2.24) is 0 Å². The summed E-state index contributed by atoms with van der Waals surface area (Å²) in [5.41, 5.74) is 3.07. The first kappa shape index (κ1) is 18.6. The molecule has 0 aliphatic heterocycles. The molecule has 1 unspecified atom stereocenters. The first-order valence-electron chi connectivity index (χ1n) is 8.27. The van der Waals surface area contributed by atoms with Gasteiger partial charge in [0.25, 0.3) is 0 Å². The van der Waals surface area contributed by atoms with Gasteiger partial charge in [-0.3, -0.25) is 0 Å². The van der Waals surface area contributed by atoms with Crippen molar-refractivity contribution in [3.63, 3.8) is 0 Å². The average molecular weight is 340 g/mol. The molecule has 2 aromatic rings. The number of ether oxygens (including phenoxy) is 3. The van der Waals surface area contributed by atoms with E-state index in [1.807, 2.05) is 61.5 Å². The summed E-state index contributed by atoms with van der Waals surface area (Å²) < 4.78 is 15.9. The van der Waals surface area contributed by atoms with E-state index in [0.29, 0.717) is 13.0 Å². The van der Waals surface area contributed by atoms with Crippen LogP contribution in [0.15, 0.2) is 60.9 Å². The lowest BCUT2D eigenvalue weighted by atomic mass is 10.1. The molecule has 0 saturated carbocycles. The van der Waals surface area contributed by atoms with E-state index in [9.17, 15) is 4.79 Å². The predicted octanol–water partition coefficient (Wildman–Crippen LogP) is 4.25. The summed E-state index contributed by atoms with van der Waals surface area (Å²) in [6.07, 6.45) is 1.63. The smallest absolute Gasteiger partial charge is 0.347 e. The molecule has 1 atom stereocenters. The highest BCUT2D eigenvalue weighted by atomic mass is 16.6. The Kier molecular flexibility index (Phi) is 7.08. The maximum Gasteiger partial charge on any atom is 0.347 e. The topological polar surface area (TPSA) is 44.8 Å². The van der Waals surface area contributed by atoms with Crippen LogP contribution in [-0.2, 0) is 20.7 Å². The maximum absolute atomic E-state index is 12.0. The molecule has 0 saturated heterocycles. The van der Waals surface area contributed by atoms with Crippen molar-refractivity contribution in [2.75, 3.05) is 13.7 Å². The van der Waals surface area contributed by atoms with Crippen LogP contribution in [0.25, 0.3) is 5.57 Å². The summed E-state index contributed by atoms with van der Waals surface area (Å²) in [7, 11) is 1.63. The number of rotatable bonds is 8. The molecule has 0 amide bonds. The van der Waals surface area contributed by atoms with E-state index >= 15 is 0 Å². The molecule has 4 nitrogen and oxygen atoms in total. The second-order valence-corrected chi connectivity index (χ2v) is 5.71. The number of carbonyl (C=O) groups excluding carboxylic acids is 1. The number of methoxy groups -OCH3 is 1. The molecule has 2 aromatic carbocycles. The van der Waals surface area contributed by atoms with Crippen LogP contribution in [0.4, 0.5) is 0 Å². The molecule has 0 aliphatic rings. The third kappa shape index (κ3) is 5.99. The molecule has 0 spiro atoms. The number of hydrogen-bond acceptors (Lipinski definition) is 4. The Bertz CT molecular complexity index is 690. The van der Waals surface area contributed by atoms with Gasteiger partial charge in [-0.2, -0.15) is 0 Å². The third-order valence-electron chi connectivity index (χ3n) is 3.80. The monoisotopic (exact) mass is 340 g/mol. The van der Waals surface area contributed by atoms with Gasteiger partial charge < -0.3 is 14.2 Å². The Labute approximate surface area is 149 Å². The van der Waals surface area contributed by atoms with Gasteiger partial charge in [-0.15, -0.1) is 0 Å². The highest BCUT2D eigenvalue weighted by Gasteiger charge is 2.14. The average Bonchev–Trinajstić information content (AvgIpc) is 2.66. The van der Waals surface area contributed by atoms with Crippen LogP contribution in [0.5, 0.6) is 5.75 Å². The number of hydrogen-bond donors (Lipinski definition) is 0. The van der Waals surface area contributed by atoms with Crippen molar-refractivity contribution in [1.29, 1.82) is 0 Å². The molecule has 25 heavy (non-hydrogen) atoms. The number of allylic oxidation sites excluding steroid dienone is 1. The molecule has 0 fully saturated rings. The van der Waals surface area contributed by atoms with Crippen LogP contribution in [0, 0.1) is 0 Å². The van der Waals surface area contributed by atoms with Gasteiger partial charge >= 0.3 is 5.97 Å². The molecule has 2 rings (SSSR count). The zero-order valence-electron chi connectivity index (χ0n) is 14.9. The van der Waals surface area contributed by atoms with Crippen LogP contribution >= 0.6 is 0 Å². The molecule has 0 radical (unpaired) electrons. The van der Waals surface area contributed by atoms with Crippen molar-refractivity contribution in [3.8, 4) is 5.75 Å². The number of carbonyl (C=O) groups is 1. The highest BCUT2D eigenvalue weighted by molar-refractivity contribution is 5.74. The molecule has 0 aliphatic carbocycles. The van der Waals surface area contributed by atoms with Gasteiger partial charge in [0.1, 0.15) is 5.75 Å². The maximum atomic E-state index is 12.0. The Morgan fingerprint density at radius 1 is 1.08 bits per heavy atom. The van der Waals surface area contributed by atoms with E-state index in [1.54, 1.807) is 20.3 Å². The summed E-state index contributed by atoms with van der Waals surface area (Å²) in [5, 5.41) is 0. The van der Waals surface area contributed by atoms with Gasteiger partial charge in [0.15, 0.2) is 6.10 Å². The lowest BCUT2D eigenvalue weighted by Gasteiger charge is -2.12. The van der Waals surface area contributed by atoms with Gasteiger partial charge in [0.2, 0.25) is 0 Å². The first-order valence-corrected chi connectivity index (χ1v) is 8.27. The van der Waals surface area contributed by atoms with Gasteiger partial charge in [-0.1, -0.05) is 42.5 Å². The Hall–Kier alpha value is -2.75.